The topological polar surface area (TPSA) is 75.6 Å². The van der Waals surface area contributed by atoms with Crippen LogP contribution in [0.25, 0.3) is 0 Å². The smallest absolute Gasteiger partial charge is 0.309 e. The van der Waals surface area contributed by atoms with Crippen LogP contribution in [0.3, 0.4) is 0 Å². The van der Waals surface area contributed by atoms with Crippen molar-refractivity contribution in [1.29, 1.82) is 0 Å². The van der Waals surface area contributed by atoms with Crippen LogP contribution >= 0.6 is 0 Å². The molecular weight excluding hydrogens is 234 g/mol. The van der Waals surface area contributed by atoms with Crippen LogP contribution in [0.2, 0.25) is 0 Å². The predicted molar refractivity (Wildman–Crippen MR) is 67.3 cm³/mol. The van der Waals surface area contributed by atoms with Gasteiger partial charge < -0.3 is 15.2 Å². The lowest BCUT2D eigenvalue weighted by Gasteiger charge is -2.22. The summed E-state index contributed by atoms with van der Waals surface area (Å²) in [5.41, 5.74) is -0.797. The normalized spacial score (nSPS) is 20.4. The van der Waals surface area contributed by atoms with Gasteiger partial charge in [0.2, 0.25) is 5.91 Å². The zero-order valence-corrected chi connectivity index (χ0v) is 11.2. The summed E-state index contributed by atoms with van der Waals surface area (Å²) >= 11 is 0. The Morgan fingerprint density at radius 1 is 1.39 bits per heavy atom. The first-order chi connectivity index (χ1) is 8.42. The van der Waals surface area contributed by atoms with E-state index in [0.717, 1.165) is 25.9 Å². The van der Waals surface area contributed by atoms with Crippen LogP contribution in [0, 0.1) is 5.41 Å². The standard InChI is InChI=1S/C13H23NO4/c1-13(2,12(16)17)6-7-14-11(15)9-10-5-3-4-8-18-10/h10H,3-9H2,1-2H3,(H,14,15)(H,16,17). The summed E-state index contributed by atoms with van der Waals surface area (Å²) in [6.07, 6.45) is 3.97. The van der Waals surface area contributed by atoms with Gasteiger partial charge in [-0.1, -0.05) is 0 Å². The quantitative estimate of drug-likeness (QED) is 0.757. The van der Waals surface area contributed by atoms with Gasteiger partial charge >= 0.3 is 5.97 Å². The van der Waals surface area contributed by atoms with Crippen molar-refractivity contribution in [3.8, 4) is 0 Å². The minimum atomic E-state index is -0.840. The number of carbonyl (C=O) groups excluding carboxylic acids is 1. The van der Waals surface area contributed by atoms with Crippen molar-refractivity contribution in [2.75, 3.05) is 13.2 Å². The van der Waals surface area contributed by atoms with E-state index in [4.69, 9.17) is 9.84 Å². The first kappa shape index (κ1) is 15.0. The third-order valence-electron chi connectivity index (χ3n) is 3.34. The number of rotatable bonds is 6. The summed E-state index contributed by atoms with van der Waals surface area (Å²) in [6.45, 7) is 4.45. The second kappa shape index (κ2) is 6.73. The molecule has 0 aromatic carbocycles. The first-order valence-corrected chi connectivity index (χ1v) is 6.53. The Hall–Kier alpha value is -1.10. The van der Waals surface area contributed by atoms with Crippen molar-refractivity contribution in [2.45, 2.75) is 52.1 Å². The SMILES string of the molecule is CC(C)(CCNC(=O)CC1CCCCO1)C(=O)O. The number of nitrogens with one attached hydrogen (secondary N) is 1. The fourth-order valence-corrected chi connectivity index (χ4v) is 1.87. The van der Waals surface area contributed by atoms with Gasteiger partial charge in [-0.05, 0) is 39.5 Å². The molecule has 1 aliphatic rings. The van der Waals surface area contributed by atoms with Crippen LogP contribution in [0.4, 0.5) is 0 Å². The molecule has 5 heteroatoms. The molecule has 1 heterocycles. The van der Waals surface area contributed by atoms with Crippen LogP contribution in [0.5, 0.6) is 0 Å². The molecule has 0 radical (unpaired) electrons. The van der Waals surface area contributed by atoms with Crippen LogP contribution in [0.15, 0.2) is 0 Å². The van der Waals surface area contributed by atoms with E-state index in [1.807, 2.05) is 0 Å². The number of hydrogen-bond donors (Lipinski definition) is 2. The molecule has 0 spiro atoms. The highest BCUT2D eigenvalue weighted by Crippen LogP contribution is 2.19. The number of carbonyl (C=O) groups is 2. The average molecular weight is 257 g/mol. The molecule has 2 N–H and O–H groups in total. The Labute approximate surface area is 108 Å². The number of amides is 1. The van der Waals surface area contributed by atoms with E-state index in [1.54, 1.807) is 13.8 Å². The highest BCUT2D eigenvalue weighted by Gasteiger charge is 2.26. The predicted octanol–water partition coefficient (Wildman–Crippen LogP) is 1.56. The molecule has 1 unspecified atom stereocenters. The Kier molecular flexibility index (Phi) is 5.59. The van der Waals surface area contributed by atoms with E-state index >= 15 is 0 Å². The van der Waals surface area contributed by atoms with Crippen molar-refractivity contribution in [2.24, 2.45) is 5.41 Å². The maximum Gasteiger partial charge on any atom is 0.309 e. The van der Waals surface area contributed by atoms with E-state index in [1.165, 1.54) is 0 Å². The molecule has 104 valence electrons. The highest BCUT2D eigenvalue weighted by atomic mass is 16.5. The number of hydrogen-bond acceptors (Lipinski definition) is 3. The van der Waals surface area contributed by atoms with Gasteiger partial charge in [-0.2, -0.15) is 0 Å². The van der Waals surface area contributed by atoms with Gasteiger partial charge in [-0.25, -0.2) is 0 Å². The minimum absolute atomic E-state index is 0.0335. The summed E-state index contributed by atoms with van der Waals surface area (Å²) in [5, 5.41) is 11.7. The van der Waals surface area contributed by atoms with Crippen molar-refractivity contribution in [3.05, 3.63) is 0 Å². The van der Waals surface area contributed by atoms with E-state index in [2.05, 4.69) is 5.32 Å². The Balaban J connectivity index is 2.18. The van der Waals surface area contributed by atoms with Gasteiger partial charge in [0, 0.05) is 13.2 Å². The third kappa shape index (κ3) is 5.04. The molecule has 0 aliphatic carbocycles. The van der Waals surface area contributed by atoms with E-state index < -0.39 is 11.4 Å². The third-order valence-corrected chi connectivity index (χ3v) is 3.34. The maximum atomic E-state index is 11.6. The molecule has 5 nitrogen and oxygen atoms in total. The van der Waals surface area contributed by atoms with Gasteiger partial charge in [0.1, 0.15) is 0 Å². The largest absolute Gasteiger partial charge is 0.481 e. The molecule has 1 fully saturated rings. The highest BCUT2D eigenvalue weighted by molar-refractivity contribution is 5.77. The van der Waals surface area contributed by atoms with Gasteiger partial charge in [0.05, 0.1) is 17.9 Å². The molecule has 1 saturated heterocycles. The molecule has 0 saturated carbocycles. The van der Waals surface area contributed by atoms with Crippen LogP contribution in [0.1, 0.15) is 46.0 Å². The lowest BCUT2D eigenvalue weighted by Crippen LogP contribution is -2.34. The van der Waals surface area contributed by atoms with Crippen molar-refractivity contribution in [1.82, 2.24) is 5.32 Å². The molecule has 1 aliphatic heterocycles. The van der Waals surface area contributed by atoms with Gasteiger partial charge in [0.25, 0.3) is 0 Å². The first-order valence-electron chi connectivity index (χ1n) is 6.53. The van der Waals surface area contributed by atoms with Crippen LogP contribution in [-0.4, -0.2) is 36.2 Å². The molecular formula is C13H23NO4. The second-order valence-electron chi connectivity index (χ2n) is 5.48. The molecule has 0 aromatic heterocycles. The second-order valence-corrected chi connectivity index (χ2v) is 5.48. The average Bonchev–Trinajstić information content (AvgIpc) is 2.29. The zero-order valence-electron chi connectivity index (χ0n) is 11.2. The molecule has 1 amide bonds. The number of carboxylic acids is 1. The van der Waals surface area contributed by atoms with E-state index in [9.17, 15) is 9.59 Å². The molecule has 0 bridgehead atoms. The summed E-state index contributed by atoms with van der Waals surface area (Å²) < 4.78 is 5.48. The fraction of sp³-hybridized carbons (Fsp3) is 0.846. The van der Waals surface area contributed by atoms with Gasteiger partial charge in [0.15, 0.2) is 0 Å². The van der Waals surface area contributed by atoms with Gasteiger partial charge in [-0.3, -0.25) is 9.59 Å². The van der Waals surface area contributed by atoms with E-state index in [0.29, 0.717) is 19.4 Å². The monoisotopic (exact) mass is 257 g/mol. The Bertz CT molecular complexity index is 295. The van der Waals surface area contributed by atoms with Crippen molar-refractivity contribution < 1.29 is 19.4 Å². The fourth-order valence-electron chi connectivity index (χ4n) is 1.87. The van der Waals surface area contributed by atoms with Crippen LogP contribution < -0.4 is 5.32 Å². The number of aliphatic carboxylic acids is 1. The minimum Gasteiger partial charge on any atom is -0.481 e. The molecule has 1 atom stereocenters. The van der Waals surface area contributed by atoms with Gasteiger partial charge in [-0.15, -0.1) is 0 Å². The van der Waals surface area contributed by atoms with E-state index in [-0.39, 0.29) is 12.0 Å². The number of carboxylic acid groups (broad SMARTS) is 1. The number of ether oxygens (including phenoxy) is 1. The Morgan fingerprint density at radius 2 is 2.11 bits per heavy atom. The summed E-state index contributed by atoms with van der Waals surface area (Å²) in [6, 6.07) is 0. The zero-order chi connectivity index (χ0) is 13.6. The summed E-state index contributed by atoms with van der Waals surface area (Å²) in [4.78, 5) is 22.5. The molecule has 18 heavy (non-hydrogen) atoms. The molecule has 0 aromatic rings. The summed E-state index contributed by atoms with van der Waals surface area (Å²) in [5.74, 6) is -0.893. The Morgan fingerprint density at radius 3 is 2.67 bits per heavy atom. The molecule has 1 rings (SSSR count). The lowest BCUT2D eigenvalue weighted by molar-refractivity contribution is -0.147. The maximum absolute atomic E-state index is 11.6. The lowest BCUT2D eigenvalue weighted by atomic mass is 9.90. The van der Waals surface area contributed by atoms with Crippen LogP contribution in [-0.2, 0) is 14.3 Å². The van der Waals surface area contributed by atoms with Crippen molar-refractivity contribution in [3.63, 3.8) is 0 Å². The summed E-state index contributed by atoms with van der Waals surface area (Å²) in [7, 11) is 0. The van der Waals surface area contributed by atoms with Crippen molar-refractivity contribution >= 4 is 11.9 Å².